The van der Waals surface area contributed by atoms with Crippen LogP contribution in [0.5, 0.6) is 5.88 Å². The summed E-state index contributed by atoms with van der Waals surface area (Å²) in [5.74, 6) is -1.16. The Bertz CT molecular complexity index is 433. The van der Waals surface area contributed by atoms with Crippen LogP contribution in [0.15, 0.2) is 6.20 Å². The molecule has 0 unspecified atom stereocenters. The zero-order valence-electron chi connectivity index (χ0n) is 7.96. The molecule has 1 heterocycles. The van der Waals surface area contributed by atoms with E-state index in [4.69, 9.17) is 5.73 Å². The first-order valence-corrected chi connectivity index (χ1v) is 4.03. The number of aromatic nitrogens is 1. The molecule has 0 bridgehead atoms. The molecular formula is C8H5F5N2O2. The van der Waals surface area contributed by atoms with Gasteiger partial charge in [0.15, 0.2) is 6.29 Å². The Labute approximate surface area is 91.2 Å². The number of halogens is 5. The predicted molar refractivity (Wildman–Crippen MR) is 45.7 cm³/mol. The average molecular weight is 256 g/mol. The van der Waals surface area contributed by atoms with Crippen molar-refractivity contribution in [2.45, 2.75) is 12.8 Å². The third kappa shape index (κ3) is 3.02. The Hall–Kier alpha value is -1.93. The number of hydrogen-bond donors (Lipinski definition) is 1. The fourth-order valence-electron chi connectivity index (χ4n) is 1.02. The number of carbonyl (C=O) groups excluding carboxylic acids is 1. The van der Waals surface area contributed by atoms with E-state index in [9.17, 15) is 26.7 Å². The van der Waals surface area contributed by atoms with Gasteiger partial charge in [-0.2, -0.15) is 0 Å². The quantitative estimate of drug-likeness (QED) is 0.665. The van der Waals surface area contributed by atoms with Gasteiger partial charge in [0.2, 0.25) is 5.88 Å². The molecule has 0 aliphatic rings. The maximum Gasteiger partial charge on any atom is 0.574 e. The van der Waals surface area contributed by atoms with Crippen molar-refractivity contribution in [1.29, 1.82) is 0 Å². The molecular weight excluding hydrogens is 251 g/mol. The molecule has 0 fully saturated rings. The van der Waals surface area contributed by atoms with E-state index in [1.807, 2.05) is 0 Å². The number of anilines is 1. The predicted octanol–water partition coefficient (Wildman–Crippen LogP) is 2.31. The highest BCUT2D eigenvalue weighted by atomic mass is 19.4. The van der Waals surface area contributed by atoms with Crippen molar-refractivity contribution >= 4 is 12.0 Å². The minimum atomic E-state index is -5.09. The van der Waals surface area contributed by atoms with Crippen LogP contribution in [0.3, 0.4) is 0 Å². The number of rotatable bonds is 3. The highest BCUT2D eigenvalue weighted by Crippen LogP contribution is 2.32. The normalized spacial score (nSPS) is 11.6. The maximum atomic E-state index is 12.3. The number of alkyl halides is 5. The Morgan fingerprint density at radius 1 is 1.41 bits per heavy atom. The van der Waals surface area contributed by atoms with Crippen molar-refractivity contribution in [3.05, 3.63) is 17.3 Å². The Balaban J connectivity index is 3.26. The van der Waals surface area contributed by atoms with Crippen LogP contribution in [-0.2, 0) is 0 Å². The lowest BCUT2D eigenvalue weighted by atomic mass is 10.1. The lowest BCUT2D eigenvalue weighted by Gasteiger charge is -2.12. The number of nitrogens with two attached hydrogens (primary N) is 1. The molecule has 94 valence electrons. The summed E-state index contributed by atoms with van der Waals surface area (Å²) in [5, 5.41) is 0. The van der Waals surface area contributed by atoms with Gasteiger partial charge in [0.1, 0.15) is 5.56 Å². The smallest absolute Gasteiger partial charge is 0.398 e. The molecule has 1 rings (SSSR count). The van der Waals surface area contributed by atoms with E-state index in [0.717, 1.165) is 0 Å². The molecule has 0 aliphatic carbocycles. The number of nitrogens with zero attached hydrogens (tertiary/aromatic N) is 1. The fraction of sp³-hybridized carbons (Fsp3) is 0.250. The molecule has 2 N–H and O–H groups in total. The summed E-state index contributed by atoms with van der Waals surface area (Å²) in [5.41, 5.74) is 2.64. The van der Waals surface area contributed by atoms with E-state index in [1.54, 1.807) is 0 Å². The number of pyridine rings is 1. The van der Waals surface area contributed by atoms with Crippen molar-refractivity contribution in [3.63, 3.8) is 0 Å². The number of aldehydes is 1. The second-order valence-electron chi connectivity index (χ2n) is 2.81. The third-order valence-electron chi connectivity index (χ3n) is 1.72. The number of ether oxygens (including phenoxy) is 1. The summed E-state index contributed by atoms with van der Waals surface area (Å²) >= 11 is 0. The largest absolute Gasteiger partial charge is 0.574 e. The first kappa shape index (κ1) is 13.1. The topological polar surface area (TPSA) is 65.2 Å². The van der Waals surface area contributed by atoms with E-state index in [2.05, 4.69) is 9.72 Å². The second kappa shape index (κ2) is 4.52. The number of carbonyl (C=O) groups is 1. The minimum Gasteiger partial charge on any atom is -0.398 e. The molecule has 0 atom stereocenters. The van der Waals surface area contributed by atoms with Gasteiger partial charge in [-0.15, -0.1) is 13.2 Å². The van der Waals surface area contributed by atoms with Gasteiger partial charge in [-0.05, 0) is 0 Å². The fourth-order valence-corrected chi connectivity index (χ4v) is 1.02. The van der Waals surface area contributed by atoms with Gasteiger partial charge >= 0.3 is 6.36 Å². The molecule has 4 nitrogen and oxygen atoms in total. The maximum absolute atomic E-state index is 12.3. The molecule has 0 saturated carbocycles. The summed E-state index contributed by atoms with van der Waals surface area (Å²) in [7, 11) is 0. The standard InChI is InChI=1S/C8H5F5N2O2/c9-6(10)3-1-15-7(17-8(11,12)13)4(2-16)5(3)14/h1-2,6H,(H2,14,15). The first-order chi connectivity index (χ1) is 7.76. The van der Waals surface area contributed by atoms with Crippen LogP contribution >= 0.6 is 0 Å². The van der Waals surface area contributed by atoms with E-state index in [0.29, 0.717) is 6.20 Å². The van der Waals surface area contributed by atoms with Crippen molar-refractivity contribution in [1.82, 2.24) is 4.98 Å². The van der Waals surface area contributed by atoms with E-state index in [-0.39, 0.29) is 6.29 Å². The highest BCUT2D eigenvalue weighted by Gasteiger charge is 2.34. The lowest BCUT2D eigenvalue weighted by molar-refractivity contribution is -0.276. The average Bonchev–Trinajstić information content (AvgIpc) is 2.15. The first-order valence-electron chi connectivity index (χ1n) is 4.03. The summed E-state index contributed by atoms with van der Waals surface area (Å²) in [6.07, 6.45) is -7.85. The van der Waals surface area contributed by atoms with Crippen molar-refractivity contribution in [2.24, 2.45) is 0 Å². The van der Waals surface area contributed by atoms with Crippen LogP contribution in [-0.4, -0.2) is 17.6 Å². The van der Waals surface area contributed by atoms with Crippen LogP contribution in [0.4, 0.5) is 27.6 Å². The minimum absolute atomic E-state index is 0.130. The van der Waals surface area contributed by atoms with Crippen LogP contribution in [0, 0.1) is 0 Å². The van der Waals surface area contributed by atoms with Gasteiger partial charge in [0, 0.05) is 6.20 Å². The zero-order chi connectivity index (χ0) is 13.2. The van der Waals surface area contributed by atoms with Crippen LogP contribution < -0.4 is 10.5 Å². The molecule has 1 aromatic rings. The Kier molecular flexibility index (Phi) is 3.49. The van der Waals surface area contributed by atoms with Gasteiger partial charge in [-0.25, -0.2) is 13.8 Å². The molecule has 0 amide bonds. The van der Waals surface area contributed by atoms with Gasteiger partial charge in [0.25, 0.3) is 6.43 Å². The summed E-state index contributed by atoms with van der Waals surface area (Å²) in [6, 6.07) is 0. The molecule has 1 aromatic heterocycles. The van der Waals surface area contributed by atoms with Gasteiger partial charge < -0.3 is 10.5 Å². The summed E-state index contributed by atoms with van der Waals surface area (Å²) < 4.78 is 63.6. The van der Waals surface area contributed by atoms with E-state index >= 15 is 0 Å². The van der Waals surface area contributed by atoms with Crippen LogP contribution in [0.1, 0.15) is 22.3 Å². The highest BCUT2D eigenvalue weighted by molar-refractivity contribution is 5.87. The summed E-state index contributed by atoms with van der Waals surface area (Å²) in [6.45, 7) is 0. The SMILES string of the molecule is Nc1c(C(F)F)cnc(OC(F)(F)F)c1C=O. The Morgan fingerprint density at radius 3 is 2.41 bits per heavy atom. The molecule has 0 radical (unpaired) electrons. The molecule has 0 saturated heterocycles. The lowest BCUT2D eigenvalue weighted by Crippen LogP contribution is -2.19. The summed E-state index contributed by atoms with van der Waals surface area (Å²) in [4.78, 5) is 13.5. The van der Waals surface area contributed by atoms with Gasteiger partial charge in [-0.1, -0.05) is 0 Å². The van der Waals surface area contributed by atoms with Crippen molar-refractivity contribution in [3.8, 4) is 5.88 Å². The monoisotopic (exact) mass is 256 g/mol. The third-order valence-corrected chi connectivity index (χ3v) is 1.72. The molecule has 0 aliphatic heterocycles. The van der Waals surface area contributed by atoms with E-state index in [1.165, 1.54) is 0 Å². The van der Waals surface area contributed by atoms with E-state index < -0.39 is 35.5 Å². The van der Waals surface area contributed by atoms with Crippen molar-refractivity contribution < 1.29 is 31.5 Å². The molecule has 9 heteroatoms. The second-order valence-corrected chi connectivity index (χ2v) is 2.81. The van der Waals surface area contributed by atoms with Crippen molar-refractivity contribution in [2.75, 3.05) is 5.73 Å². The Morgan fingerprint density at radius 2 is 2.00 bits per heavy atom. The number of nitrogen functional groups attached to an aromatic ring is 1. The number of hydrogen-bond acceptors (Lipinski definition) is 4. The van der Waals surface area contributed by atoms with Crippen LogP contribution in [0.2, 0.25) is 0 Å². The van der Waals surface area contributed by atoms with Crippen LogP contribution in [0.25, 0.3) is 0 Å². The van der Waals surface area contributed by atoms with Gasteiger partial charge in [-0.3, -0.25) is 4.79 Å². The van der Waals surface area contributed by atoms with Gasteiger partial charge in [0.05, 0.1) is 11.3 Å². The molecule has 17 heavy (non-hydrogen) atoms. The zero-order valence-corrected chi connectivity index (χ0v) is 7.96. The molecule has 0 spiro atoms. The molecule has 0 aromatic carbocycles.